The number of hydrogen-bond acceptors (Lipinski definition) is 6. The maximum atomic E-state index is 10.7. The van der Waals surface area contributed by atoms with E-state index in [1.54, 1.807) is 0 Å². The zero-order chi connectivity index (χ0) is 17.7. The van der Waals surface area contributed by atoms with Gasteiger partial charge in [0, 0.05) is 24.3 Å². The predicted octanol–water partition coefficient (Wildman–Crippen LogP) is 3.46. The van der Waals surface area contributed by atoms with Crippen LogP contribution in [-0.2, 0) is 0 Å². The molecular formula is C16H8N4O4. The van der Waals surface area contributed by atoms with Gasteiger partial charge in [-0.2, -0.15) is 10.5 Å². The molecule has 0 aromatic heterocycles. The average molecular weight is 320 g/mol. The number of nitrogens with zero attached hydrogens (tertiary/aromatic N) is 4. The quantitative estimate of drug-likeness (QED) is 0.366. The second-order valence-electron chi connectivity index (χ2n) is 4.58. The summed E-state index contributed by atoms with van der Waals surface area (Å²) in [6.07, 6.45) is 0. The summed E-state index contributed by atoms with van der Waals surface area (Å²) < 4.78 is 0. The zero-order valence-electron chi connectivity index (χ0n) is 12.0. The lowest BCUT2D eigenvalue weighted by molar-refractivity contribution is -0.385. The first kappa shape index (κ1) is 16.3. The van der Waals surface area contributed by atoms with Gasteiger partial charge in [-0.1, -0.05) is 0 Å². The van der Waals surface area contributed by atoms with E-state index >= 15 is 0 Å². The Kier molecular flexibility index (Phi) is 4.64. The van der Waals surface area contributed by atoms with E-state index in [4.69, 9.17) is 0 Å². The van der Waals surface area contributed by atoms with Crippen molar-refractivity contribution >= 4 is 22.5 Å². The van der Waals surface area contributed by atoms with Crippen molar-refractivity contribution in [3.8, 4) is 12.1 Å². The molecule has 116 valence electrons. The van der Waals surface area contributed by atoms with Crippen LogP contribution in [0, 0.1) is 42.9 Å². The molecule has 0 N–H and O–H groups in total. The summed E-state index contributed by atoms with van der Waals surface area (Å²) in [5.74, 6) is 0. The third kappa shape index (κ3) is 3.24. The molecule has 2 aromatic rings. The first-order valence-electron chi connectivity index (χ1n) is 6.52. The molecule has 0 aliphatic carbocycles. The Morgan fingerprint density at radius 2 is 1.00 bits per heavy atom. The van der Waals surface area contributed by atoms with Gasteiger partial charge in [-0.05, 0) is 35.4 Å². The Bertz CT molecular complexity index is 839. The molecule has 0 spiro atoms. The monoisotopic (exact) mass is 320 g/mol. The smallest absolute Gasteiger partial charge is 0.258 e. The Morgan fingerprint density at radius 1 is 0.708 bits per heavy atom. The van der Waals surface area contributed by atoms with E-state index in [1.165, 1.54) is 48.5 Å². The van der Waals surface area contributed by atoms with E-state index in [9.17, 15) is 30.8 Å². The van der Waals surface area contributed by atoms with Crippen molar-refractivity contribution in [1.82, 2.24) is 0 Å². The van der Waals surface area contributed by atoms with Crippen LogP contribution in [0.3, 0.4) is 0 Å². The highest BCUT2D eigenvalue weighted by molar-refractivity contribution is 6.02. The third-order valence-electron chi connectivity index (χ3n) is 3.21. The maximum absolute atomic E-state index is 10.7. The SMILES string of the molecule is N#C/C(=C(/C#N)c1ccc([N+](=O)[O-])cc1)c1ccc([N+](=O)[O-])cc1. The molecule has 0 fully saturated rings. The minimum atomic E-state index is -0.568. The molecule has 0 saturated heterocycles. The topological polar surface area (TPSA) is 134 Å². The molecule has 0 bridgehead atoms. The standard InChI is InChI=1S/C16H8N4O4/c17-9-15(11-1-5-13(6-2-11)19(21)22)16(10-18)12-3-7-14(8-4-12)20(23)24/h1-8H/b16-15+. The van der Waals surface area contributed by atoms with Gasteiger partial charge in [0.05, 0.1) is 21.0 Å². The van der Waals surface area contributed by atoms with Crippen LogP contribution in [0.2, 0.25) is 0 Å². The van der Waals surface area contributed by atoms with Gasteiger partial charge >= 0.3 is 0 Å². The Morgan fingerprint density at radius 3 is 1.21 bits per heavy atom. The molecule has 0 aliphatic heterocycles. The molecule has 0 amide bonds. The highest BCUT2D eigenvalue weighted by Gasteiger charge is 2.14. The van der Waals surface area contributed by atoms with E-state index in [0.717, 1.165) is 0 Å². The van der Waals surface area contributed by atoms with Gasteiger partial charge in [0.2, 0.25) is 0 Å². The third-order valence-corrected chi connectivity index (χ3v) is 3.21. The summed E-state index contributed by atoms with van der Waals surface area (Å²) >= 11 is 0. The minimum absolute atomic E-state index is 0.0289. The van der Waals surface area contributed by atoms with Gasteiger partial charge in [-0.15, -0.1) is 0 Å². The van der Waals surface area contributed by atoms with Gasteiger partial charge in [0.25, 0.3) is 11.4 Å². The van der Waals surface area contributed by atoms with Crippen molar-refractivity contribution in [1.29, 1.82) is 10.5 Å². The molecule has 24 heavy (non-hydrogen) atoms. The van der Waals surface area contributed by atoms with E-state index in [2.05, 4.69) is 0 Å². The maximum Gasteiger partial charge on any atom is 0.269 e. The number of nitriles is 2. The van der Waals surface area contributed by atoms with Crippen LogP contribution in [0.4, 0.5) is 11.4 Å². The molecule has 0 saturated carbocycles. The summed E-state index contributed by atoms with van der Waals surface area (Å²) in [7, 11) is 0. The molecule has 0 unspecified atom stereocenters. The number of nitro benzene ring substituents is 2. The molecule has 0 radical (unpaired) electrons. The number of benzene rings is 2. The Hall–Kier alpha value is -4.04. The summed E-state index contributed by atoms with van der Waals surface area (Å²) in [6, 6.07) is 14.2. The lowest BCUT2D eigenvalue weighted by Crippen LogP contribution is -1.92. The van der Waals surface area contributed by atoms with Gasteiger partial charge in [0.1, 0.15) is 12.1 Å². The van der Waals surface area contributed by atoms with Crippen LogP contribution < -0.4 is 0 Å². The van der Waals surface area contributed by atoms with E-state index in [1.807, 2.05) is 12.1 Å². The predicted molar refractivity (Wildman–Crippen MR) is 84.2 cm³/mol. The van der Waals surface area contributed by atoms with E-state index in [0.29, 0.717) is 11.1 Å². The summed E-state index contributed by atoms with van der Waals surface area (Å²) in [5, 5.41) is 40.1. The lowest BCUT2D eigenvalue weighted by atomic mass is 9.96. The minimum Gasteiger partial charge on any atom is -0.258 e. The van der Waals surface area contributed by atoms with Crippen LogP contribution in [0.5, 0.6) is 0 Å². The van der Waals surface area contributed by atoms with Crippen molar-refractivity contribution in [2.24, 2.45) is 0 Å². The number of non-ortho nitro benzene ring substituents is 2. The number of rotatable bonds is 4. The van der Waals surface area contributed by atoms with Gasteiger partial charge in [0.15, 0.2) is 0 Å². The molecular weight excluding hydrogens is 312 g/mol. The summed E-state index contributed by atoms with van der Waals surface area (Å²) in [6.45, 7) is 0. The average Bonchev–Trinajstić information content (AvgIpc) is 2.59. The van der Waals surface area contributed by atoms with Crippen molar-refractivity contribution in [2.75, 3.05) is 0 Å². The first-order chi connectivity index (χ1) is 11.5. The summed E-state index contributed by atoms with van der Waals surface area (Å²) in [4.78, 5) is 20.2. The molecule has 8 heteroatoms. The molecule has 0 atom stereocenters. The van der Waals surface area contributed by atoms with Crippen molar-refractivity contribution < 1.29 is 9.85 Å². The largest absolute Gasteiger partial charge is 0.269 e. The Balaban J connectivity index is 2.54. The highest BCUT2D eigenvalue weighted by atomic mass is 16.6. The lowest BCUT2D eigenvalue weighted by Gasteiger charge is -2.04. The fraction of sp³-hybridized carbons (Fsp3) is 0. The van der Waals surface area contributed by atoms with Crippen LogP contribution in [0.25, 0.3) is 11.1 Å². The second-order valence-corrected chi connectivity index (χ2v) is 4.58. The number of hydrogen-bond donors (Lipinski definition) is 0. The second kappa shape index (κ2) is 6.81. The fourth-order valence-electron chi connectivity index (χ4n) is 2.03. The van der Waals surface area contributed by atoms with Crippen molar-refractivity contribution in [2.45, 2.75) is 0 Å². The van der Waals surface area contributed by atoms with Gasteiger partial charge in [-0.25, -0.2) is 0 Å². The number of nitro groups is 2. The Labute approximate surface area is 135 Å². The summed E-state index contributed by atoms with van der Waals surface area (Å²) in [5.41, 5.74) is 0.480. The molecule has 0 aliphatic rings. The number of allylic oxidation sites excluding steroid dienone is 2. The van der Waals surface area contributed by atoms with Crippen LogP contribution in [-0.4, -0.2) is 9.85 Å². The molecule has 8 nitrogen and oxygen atoms in total. The van der Waals surface area contributed by atoms with Gasteiger partial charge in [-0.3, -0.25) is 20.2 Å². The molecule has 2 aromatic carbocycles. The van der Waals surface area contributed by atoms with Crippen molar-refractivity contribution in [3.05, 3.63) is 79.9 Å². The fourth-order valence-corrected chi connectivity index (χ4v) is 2.03. The van der Waals surface area contributed by atoms with Crippen molar-refractivity contribution in [3.63, 3.8) is 0 Å². The normalized spacial score (nSPS) is 10.9. The molecule has 2 rings (SSSR count). The van der Waals surface area contributed by atoms with Crippen LogP contribution in [0.1, 0.15) is 11.1 Å². The zero-order valence-corrected chi connectivity index (χ0v) is 12.0. The van der Waals surface area contributed by atoms with Crippen LogP contribution >= 0.6 is 0 Å². The van der Waals surface area contributed by atoms with E-state index in [-0.39, 0.29) is 22.5 Å². The molecule has 0 heterocycles. The first-order valence-corrected chi connectivity index (χ1v) is 6.52. The van der Waals surface area contributed by atoms with Crippen LogP contribution in [0.15, 0.2) is 48.5 Å². The van der Waals surface area contributed by atoms with Gasteiger partial charge < -0.3 is 0 Å². The highest BCUT2D eigenvalue weighted by Crippen LogP contribution is 2.28. The van der Waals surface area contributed by atoms with E-state index < -0.39 is 9.85 Å².